The number of aliphatic hydroxyl groups excluding tert-OH is 1. The summed E-state index contributed by atoms with van der Waals surface area (Å²) in [4.78, 5) is 24.3. The summed E-state index contributed by atoms with van der Waals surface area (Å²) in [5, 5.41) is 17.6. The molecule has 0 spiro atoms. The summed E-state index contributed by atoms with van der Waals surface area (Å²) in [5.74, 6) is -0.555. The van der Waals surface area contributed by atoms with Crippen molar-refractivity contribution >= 4 is 23.3 Å². The third-order valence-electron chi connectivity index (χ3n) is 3.79. The normalized spacial score (nSPS) is 11.5. The standard InChI is InChI=1S/C20H18FN3O4/c21-14-5-2-7-16(11-14)23-19(26)13-4-1-6-15(10-13)24-20(27)22-12-17(25)18-8-3-9-28-18/h1-11,17,25H,12H2,(H,23,26)(H2,22,24,27). The number of carbonyl (C=O) groups excluding carboxylic acids is 2. The molecule has 1 atom stereocenters. The highest BCUT2D eigenvalue weighted by Gasteiger charge is 2.13. The molecular formula is C20H18FN3O4. The Kier molecular flexibility index (Phi) is 6.03. The fraction of sp³-hybridized carbons (Fsp3) is 0.100. The van der Waals surface area contributed by atoms with E-state index in [4.69, 9.17) is 4.42 Å². The van der Waals surface area contributed by atoms with E-state index >= 15 is 0 Å². The summed E-state index contributed by atoms with van der Waals surface area (Å²) in [7, 11) is 0. The number of urea groups is 1. The maximum Gasteiger partial charge on any atom is 0.319 e. The lowest BCUT2D eigenvalue weighted by Crippen LogP contribution is -2.32. The Balaban J connectivity index is 1.56. The maximum atomic E-state index is 13.2. The topological polar surface area (TPSA) is 104 Å². The van der Waals surface area contributed by atoms with Crippen LogP contribution in [-0.4, -0.2) is 23.6 Å². The molecule has 0 aliphatic heterocycles. The minimum Gasteiger partial charge on any atom is -0.467 e. The van der Waals surface area contributed by atoms with E-state index in [2.05, 4.69) is 16.0 Å². The van der Waals surface area contributed by atoms with Gasteiger partial charge in [-0.05, 0) is 48.5 Å². The fourth-order valence-corrected chi connectivity index (χ4v) is 2.45. The zero-order valence-corrected chi connectivity index (χ0v) is 14.7. The number of anilines is 2. The van der Waals surface area contributed by atoms with Crippen molar-refractivity contribution in [3.8, 4) is 0 Å². The molecule has 0 saturated carbocycles. The summed E-state index contributed by atoms with van der Waals surface area (Å²) in [5.41, 5.74) is 1.00. The van der Waals surface area contributed by atoms with E-state index in [0.29, 0.717) is 17.1 Å². The lowest BCUT2D eigenvalue weighted by atomic mass is 10.2. The summed E-state index contributed by atoms with van der Waals surface area (Å²) in [6.45, 7) is -0.0426. The minimum absolute atomic E-state index is 0.0426. The number of rotatable bonds is 6. The van der Waals surface area contributed by atoms with Crippen molar-refractivity contribution in [3.05, 3.63) is 84.1 Å². The predicted octanol–water partition coefficient (Wildman–Crippen LogP) is 3.53. The highest BCUT2D eigenvalue weighted by Crippen LogP contribution is 2.15. The molecule has 7 nitrogen and oxygen atoms in total. The quantitative estimate of drug-likeness (QED) is 0.523. The van der Waals surface area contributed by atoms with E-state index in [1.165, 1.54) is 30.5 Å². The zero-order chi connectivity index (χ0) is 19.9. The van der Waals surface area contributed by atoms with Gasteiger partial charge in [0.15, 0.2) is 0 Å². The predicted molar refractivity (Wildman–Crippen MR) is 101 cm³/mol. The molecule has 0 bridgehead atoms. The largest absolute Gasteiger partial charge is 0.467 e. The van der Waals surface area contributed by atoms with Crippen LogP contribution >= 0.6 is 0 Å². The van der Waals surface area contributed by atoms with Gasteiger partial charge in [-0.2, -0.15) is 0 Å². The molecule has 0 aliphatic carbocycles. The number of nitrogens with one attached hydrogen (secondary N) is 3. The molecule has 2 aromatic carbocycles. The monoisotopic (exact) mass is 383 g/mol. The van der Waals surface area contributed by atoms with Crippen molar-refractivity contribution in [2.75, 3.05) is 17.2 Å². The first-order valence-electron chi connectivity index (χ1n) is 8.44. The van der Waals surface area contributed by atoms with E-state index in [0.717, 1.165) is 0 Å². The first kappa shape index (κ1) is 19.1. The van der Waals surface area contributed by atoms with Gasteiger partial charge < -0.3 is 25.5 Å². The van der Waals surface area contributed by atoms with Gasteiger partial charge in [-0.3, -0.25) is 4.79 Å². The molecular weight excluding hydrogens is 365 g/mol. The number of halogens is 1. The molecule has 4 N–H and O–H groups in total. The first-order valence-corrected chi connectivity index (χ1v) is 8.44. The van der Waals surface area contributed by atoms with Gasteiger partial charge in [0.2, 0.25) is 0 Å². The van der Waals surface area contributed by atoms with Crippen LogP contribution in [-0.2, 0) is 0 Å². The SMILES string of the molecule is O=C(NCC(O)c1ccco1)Nc1cccc(C(=O)Nc2cccc(F)c2)c1. The smallest absolute Gasteiger partial charge is 0.319 e. The van der Waals surface area contributed by atoms with Crippen molar-refractivity contribution < 1.29 is 23.5 Å². The second-order valence-electron chi connectivity index (χ2n) is 5.91. The van der Waals surface area contributed by atoms with Crippen LogP contribution in [0.2, 0.25) is 0 Å². The number of aliphatic hydroxyl groups is 1. The molecule has 3 amide bonds. The van der Waals surface area contributed by atoms with E-state index in [1.807, 2.05) is 0 Å². The first-order chi connectivity index (χ1) is 13.5. The molecule has 144 valence electrons. The molecule has 0 aliphatic rings. The molecule has 8 heteroatoms. The Morgan fingerprint density at radius 3 is 2.46 bits per heavy atom. The van der Waals surface area contributed by atoms with Crippen molar-refractivity contribution in [2.24, 2.45) is 0 Å². The summed E-state index contributed by atoms with van der Waals surface area (Å²) < 4.78 is 18.3. The van der Waals surface area contributed by atoms with Crippen LogP contribution in [0.1, 0.15) is 22.2 Å². The summed E-state index contributed by atoms with van der Waals surface area (Å²) >= 11 is 0. The Bertz CT molecular complexity index is 960. The van der Waals surface area contributed by atoms with Crippen molar-refractivity contribution in [3.63, 3.8) is 0 Å². The van der Waals surface area contributed by atoms with Crippen LogP contribution in [0.5, 0.6) is 0 Å². The molecule has 1 heterocycles. The molecule has 0 saturated heterocycles. The zero-order valence-electron chi connectivity index (χ0n) is 14.7. The highest BCUT2D eigenvalue weighted by atomic mass is 19.1. The molecule has 3 aromatic rings. The molecule has 0 fully saturated rings. The van der Waals surface area contributed by atoms with Gasteiger partial charge in [-0.25, -0.2) is 9.18 Å². The van der Waals surface area contributed by atoms with Gasteiger partial charge >= 0.3 is 6.03 Å². The Labute approximate surface area is 160 Å². The second kappa shape index (κ2) is 8.83. The Morgan fingerprint density at radius 1 is 1.00 bits per heavy atom. The summed E-state index contributed by atoms with van der Waals surface area (Å²) in [6, 6.07) is 14.5. The third kappa shape index (κ3) is 5.18. The van der Waals surface area contributed by atoms with Crippen molar-refractivity contribution in [1.29, 1.82) is 0 Å². The number of benzene rings is 2. The van der Waals surface area contributed by atoms with E-state index < -0.39 is 23.9 Å². The number of hydrogen-bond donors (Lipinski definition) is 4. The number of hydrogen-bond acceptors (Lipinski definition) is 4. The van der Waals surface area contributed by atoms with Crippen LogP contribution in [0.3, 0.4) is 0 Å². The van der Waals surface area contributed by atoms with E-state index in [-0.39, 0.29) is 12.1 Å². The van der Waals surface area contributed by atoms with Gasteiger partial charge in [0.25, 0.3) is 5.91 Å². The molecule has 28 heavy (non-hydrogen) atoms. The summed E-state index contributed by atoms with van der Waals surface area (Å²) in [6.07, 6.45) is 0.461. The second-order valence-corrected chi connectivity index (χ2v) is 5.91. The Hall–Kier alpha value is -3.65. The van der Waals surface area contributed by atoms with Crippen LogP contribution in [0.4, 0.5) is 20.6 Å². The van der Waals surface area contributed by atoms with Crippen molar-refractivity contribution in [1.82, 2.24) is 5.32 Å². The van der Waals surface area contributed by atoms with Crippen LogP contribution < -0.4 is 16.0 Å². The maximum absolute atomic E-state index is 13.2. The van der Waals surface area contributed by atoms with Gasteiger partial charge in [-0.15, -0.1) is 0 Å². The lowest BCUT2D eigenvalue weighted by Gasteiger charge is -2.11. The van der Waals surface area contributed by atoms with Gasteiger partial charge in [-0.1, -0.05) is 12.1 Å². The van der Waals surface area contributed by atoms with Crippen molar-refractivity contribution in [2.45, 2.75) is 6.10 Å². The molecule has 1 aromatic heterocycles. The number of amides is 3. The molecule has 1 unspecified atom stereocenters. The average molecular weight is 383 g/mol. The van der Waals surface area contributed by atoms with E-state index in [1.54, 1.807) is 36.4 Å². The molecule has 3 rings (SSSR count). The minimum atomic E-state index is -0.968. The van der Waals surface area contributed by atoms with Crippen LogP contribution in [0.25, 0.3) is 0 Å². The van der Waals surface area contributed by atoms with E-state index in [9.17, 15) is 19.1 Å². The number of carbonyl (C=O) groups is 2. The average Bonchev–Trinajstić information content (AvgIpc) is 3.21. The number of furan rings is 1. The van der Waals surface area contributed by atoms with Gasteiger partial charge in [0, 0.05) is 16.9 Å². The highest BCUT2D eigenvalue weighted by molar-refractivity contribution is 6.05. The van der Waals surface area contributed by atoms with Crippen LogP contribution in [0.15, 0.2) is 71.3 Å². The van der Waals surface area contributed by atoms with Gasteiger partial charge in [0.1, 0.15) is 17.7 Å². The third-order valence-corrected chi connectivity index (χ3v) is 3.79. The Morgan fingerprint density at radius 2 is 1.75 bits per heavy atom. The van der Waals surface area contributed by atoms with Crippen LogP contribution in [0, 0.1) is 5.82 Å². The lowest BCUT2D eigenvalue weighted by molar-refractivity contribution is 0.102. The fourth-order valence-electron chi connectivity index (χ4n) is 2.45. The van der Waals surface area contributed by atoms with Gasteiger partial charge in [0.05, 0.1) is 12.8 Å². The molecule has 0 radical (unpaired) electrons.